The third-order valence-electron chi connectivity index (χ3n) is 4.09. The van der Waals surface area contributed by atoms with E-state index in [1.54, 1.807) is 13.8 Å². The highest BCUT2D eigenvalue weighted by molar-refractivity contribution is 7.80. The molecule has 13 nitrogen and oxygen atoms in total. The maximum absolute atomic E-state index is 12.6. The summed E-state index contributed by atoms with van der Waals surface area (Å²) >= 11 is 3.98. The number of carbonyl (C=O) groups excluding carboxylic acids is 4. The zero-order chi connectivity index (χ0) is 24.3. The molecule has 0 fully saturated rings. The number of hydrogen-bond donors (Lipinski definition) is 8. The van der Waals surface area contributed by atoms with Crippen LogP contribution < -0.4 is 27.4 Å². The molecule has 0 radical (unpaired) electrons. The van der Waals surface area contributed by atoms with Crippen LogP contribution in [0.1, 0.15) is 33.1 Å². The molecule has 14 heteroatoms. The molecule has 176 valence electrons. The number of carboxylic acids is 2. The largest absolute Gasteiger partial charge is 0.481 e. The Morgan fingerprint density at radius 3 is 1.84 bits per heavy atom. The van der Waals surface area contributed by atoms with Gasteiger partial charge in [-0.15, -0.1) is 0 Å². The van der Waals surface area contributed by atoms with Crippen molar-refractivity contribution in [2.24, 2.45) is 17.4 Å². The van der Waals surface area contributed by atoms with E-state index in [4.69, 9.17) is 16.6 Å². The molecular formula is C17H29N5O8S. The second-order valence-corrected chi connectivity index (χ2v) is 7.45. The van der Waals surface area contributed by atoms with Gasteiger partial charge in [0.15, 0.2) is 0 Å². The van der Waals surface area contributed by atoms with Crippen molar-refractivity contribution in [1.82, 2.24) is 16.0 Å². The van der Waals surface area contributed by atoms with E-state index < -0.39 is 72.1 Å². The Labute approximate surface area is 184 Å². The van der Waals surface area contributed by atoms with Crippen molar-refractivity contribution in [2.45, 2.75) is 57.3 Å². The maximum atomic E-state index is 12.6. The van der Waals surface area contributed by atoms with Crippen molar-refractivity contribution in [1.29, 1.82) is 0 Å². The molecule has 31 heavy (non-hydrogen) atoms. The van der Waals surface area contributed by atoms with Crippen molar-refractivity contribution < 1.29 is 39.0 Å². The lowest BCUT2D eigenvalue weighted by molar-refractivity contribution is -0.143. The third-order valence-corrected chi connectivity index (χ3v) is 4.45. The Bertz CT molecular complexity index is 702. The van der Waals surface area contributed by atoms with Crippen LogP contribution in [0.2, 0.25) is 0 Å². The summed E-state index contributed by atoms with van der Waals surface area (Å²) in [6.07, 6.45) is -1.22. The number of aliphatic carboxylic acids is 2. The topological polar surface area (TPSA) is 231 Å². The molecule has 0 saturated heterocycles. The monoisotopic (exact) mass is 463 g/mol. The highest BCUT2D eigenvalue weighted by Gasteiger charge is 2.31. The highest BCUT2D eigenvalue weighted by Crippen LogP contribution is 2.04. The van der Waals surface area contributed by atoms with Crippen molar-refractivity contribution in [2.75, 3.05) is 5.75 Å². The van der Waals surface area contributed by atoms with Gasteiger partial charge in [0.25, 0.3) is 0 Å². The van der Waals surface area contributed by atoms with E-state index >= 15 is 0 Å². The normalized spacial score (nSPS) is 14.6. The molecule has 0 bridgehead atoms. The minimum Gasteiger partial charge on any atom is -0.481 e. The SMILES string of the molecule is CC(C)C(NC(=O)C(CS)NC(=O)C(CCC(N)=O)NC(=O)C(N)CC(=O)O)C(=O)O. The number of carboxylic acid groups (broad SMARTS) is 2. The van der Waals surface area contributed by atoms with Gasteiger partial charge in [-0.3, -0.25) is 24.0 Å². The summed E-state index contributed by atoms with van der Waals surface area (Å²) < 4.78 is 0. The van der Waals surface area contributed by atoms with E-state index in [1.807, 2.05) is 0 Å². The number of nitrogens with one attached hydrogen (secondary N) is 3. The number of primary amides is 1. The average molecular weight is 464 g/mol. The molecule has 0 saturated carbocycles. The molecule has 0 aliphatic carbocycles. The Morgan fingerprint density at radius 1 is 0.903 bits per heavy atom. The summed E-state index contributed by atoms with van der Waals surface area (Å²) in [5.74, 6) is -6.63. The smallest absolute Gasteiger partial charge is 0.326 e. The van der Waals surface area contributed by atoms with Gasteiger partial charge in [-0.1, -0.05) is 13.8 Å². The summed E-state index contributed by atoms with van der Waals surface area (Å²) in [6, 6.07) is -5.26. The van der Waals surface area contributed by atoms with Gasteiger partial charge >= 0.3 is 11.9 Å². The van der Waals surface area contributed by atoms with E-state index in [0.717, 1.165) is 0 Å². The van der Waals surface area contributed by atoms with Crippen LogP contribution in [0.25, 0.3) is 0 Å². The lowest BCUT2D eigenvalue weighted by Gasteiger charge is -2.25. The van der Waals surface area contributed by atoms with E-state index in [0.29, 0.717) is 0 Å². The first-order valence-corrected chi connectivity index (χ1v) is 9.93. The molecule has 0 rings (SSSR count). The van der Waals surface area contributed by atoms with E-state index in [1.165, 1.54) is 0 Å². The van der Waals surface area contributed by atoms with Gasteiger partial charge in [-0.25, -0.2) is 4.79 Å². The van der Waals surface area contributed by atoms with Gasteiger partial charge in [-0.2, -0.15) is 12.6 Å². The summed E-state index contributed by atoms with van der Waals surface area (Å²) in [5, 5.41) is 24.7. The average Bonchev–Trinajstić information content (AvgIpc) is 2.65. The first kappa shape index (κ1) is 28.1. The Hall–Kier alpha value is -2.87. The molecular weight excluding hydrogens is 434 g/mol. The quantitative estimate of drug-likeness (QED) is 0.124. The van der Waals surface area contributed by atoms with Crippen LogP contribution in [0.3, 0.4) is 0 Å². The predicted molar refractivity (Wildman–Crippen MR) is 111 cm³/mol. The van der Waals surface area contributed by atoms with Gasteiger partial charge < -0.3 is 37.6 Å². The number of rotatable bonds is 14. The van der Waals surface area contributed by atoms with Crippen molar-refractivity contribution >= 4 is 48.2 Å². The van der Waals surface area contributed by atoms with Crippen LogP contribution >= 0.6 is 12.6 Å². The van der Waals surface area contributed by atoms with Crippen LogP contribution in [-0.4, -0.2) is 75.7 Å². The lowest BCUT2D eigenvalue weighted by Crippen LogP contribution is -2.58. The number of thiol groups is 1. The third kappa shape index (κ3) is 10.6. The van der Waals surface area contributed by atoms with Crippen LogP contribution in [0.5, 0.6) is 0 Å². The Morgan fingerprint density at radius 2 is 1.42 bits per heavy atom. The molecule has 0 aromatic carbocycles. The van der Waals surface area contributed by atoms with Gasteiger partial charge in [0.05, 0.1) is 12.5 Å². The molecule has 4 unspecified atom stereocenters. The Kier molecular flexibility index (Phi) is 12.2. The molecule has 4 atom stereocenters. The fourth-order valence-electron chi connectivity index (χ4n) is 2.35. The molecule has 0 aromatic heterocycles. The van der Waals surface area contributed by atoms with E-state index in [2.05, 4.69) is 28.6 Å². The minimum absolute atomic E-state index is 0.197. The molecule has 0 spiro atoms. The molecule has 9 N–H and O–H groups in total. The second-order valence-electron chi connectivity index (χ2n) is 7.08. The maximum Gasteiger partial charge on any atom is 0.326 e. The molecule has 4 amide bonds. The zero-order valence-corrected chi connectivity index (χ0v) is 18.1. The molecule has 0 aliphatic rings. The number of carbonyl (C=O) groups is 6. The van der Waals surface area contributed by atoms with Crippen LogP contribution in [0.4, 0.5) is 0 Å². The standard InChI is InChI=1S/C17H29N5O8S/c1-7(2)13(17(29)30)22-16(28)10(6-31)21-15(27)9(3-4-11(19)23)20-14(26)8(18)5-12(24)25/h7-10,13,31H,3-6,18H2,1-2H3,(H2,19,23)(H,20,26)(H,21,27)(H,22,28)(H,24,25)(H,29,30). The fourth-order valence-corrected chi connectivity index (χ4v) is 2.61. The van der Waals surface area contributed by atoms with Gasteiger partial charge in [-0.05, 0) is 12.3 Å². The lowest BCUT2D eigenvalue weighted by atomic mass is 10.0. The van der Waals surface area contributed by atoms with E-state index in [-0.39, 0.29) is 18.6 Å². The Balaban J connectivity index is 5.32. The van der Waals surface area contributed by atoms with E-state index in [9.17, 15) is 33.9 Å². The predicted octanol–water partition coefficient (Wildman–Crippen LogP) is -2.82. The minimum atomic E-state index is -1.45. The van der Waals surface area contributed by atoms with Crippen molar-refractivity contribution in [3.63, 3.8) is 0 Å². The summed E-state index contributed by atoms with van der Waals surface area (Å²) in [4.78, 5) is 70.1. The summed E-state index contributed by atoms with van der Waals surface area (Å²) in [7, 11) is 0. The first-order valence-electron chi connectivity index (χ1n) is 9.30. The van der Waals surface area contributed by atoms with Crippen LogP contribution in [-0.2, 0) is 28.8 Å². The molecule has 0 heterocycles. The molecule has 0 aromatic rings. The fraction of sp³-hybridized carbons (Fsp3) is 0.647. The number of hydrogen-bond acceptors (Lipinski definition) is 8. The van der Waals surface area contributed by atoms with Gasteiger partial charge in [0.2, 0.25) is 23.6 Å². The van der Waals surface area contributed by atoms with Crippen LogP contribution in [0, 0.1) is 5.92 Å². The second kappa shape index (κ2) is 13.4. The number of nitrogens with two attached hydrogens (primary N) is 2. The first-order chi connectivity index (χ1) is 14.3. The van der Waals surface area contributed by atoms with Crippen molar-refractivity contribution in [3.05, 3.63) is 0 Å². The zero-order valence-electron chi connectivity index (χ0n) is 17.2. The highest BCUT2D eigenvalue weighted by atomic mass is 32.1. The van der Waals surface area contributed by atoms with Crippen molar-refractivity contribution in [3.8, 4) is 0 Å². The number of amides is 4. The summed E-state index contributed by atoms with van der Waals surface area (Å²) in [6.45, 7) is 3.17. The van der Waals surface area contributed by atoms with Crippen LogP contribution in [0.15, 0.2) is 0 Å². The summed E-state index contributed by atoms with van der Waals surface area (Å²) in [5.41, 5.74) is 10.5. The molecule has 0 aliphatic heterocycles. The van der Waals surface area contributed by atoms with Gasteiger partial charge in [0, 0.05) is 12.2 Å². The van der Waals surface area contributed by atoms with Gasteiger partial charge in [0.1, 0.15) is 18.1 Å².